The molecule has 1 saturated heterocycles. The largest absolute Gasteiger partial charge is 0.337 e. The number of rotatable bonds is 4. The van der Waals surface area contributed by atoms with Crippen LogP contribution in [0.2, 0.25) is 5.02 Å². The fraction of sp³-hybridized carbons (Fsp3) is 0.368. The Morgan fingerprint density at radius 1 is 1.15 bits per heavy atom. The van der Waals surface area contributed by atoms with Crippen LogP contribution in [0.4, 0.5) is 0 Å². The zero-order valence-corrected chi connectivity index (χ0v) is 16.7. The van der Waals surface area contributed by atoms with Crippen molar-refractivity contribution in [3.8, 4) is 0 Å². The number of amides is 1. The summed E-state index contributed by atoms with van der Waals surface area (Å²) >= 11 is 6.20. The minimum atomic E-state index is -3.36. The molecule has 144 valence electrons. The molecule has 0 spiro atoms. The molecule has 8 heteroatoms. The summed E-state index contributed by atoms with van der Waals surface area (Å²) < 4.78 is 23.3. The van der Waals surface area contributed by atoms with Gasteiger partial charge in [0.2, 0.25) is 0 Å². The summed E-state index contributed by atoms with van der Waals surface area (Å²) in [6.07, 6.45) is 3.76. The summed E-state index contributed by atoms with van der Waals surface area (Å²) in [6, 6.07) is 10.1. The second-order valence-corrected chi connectivity index (χ2v) is 9.08. The summed E-state index contributed by atoms with van der Waals surface area (Å²) in [5.74, 6) is -0.167. The molecule has 0 bridgehead atoms. The quantitative estimate of drug-likeness (QED) is 0.778. The van der Waals surface area contributed by atoms with E-state index in [4.69, 9.17) is 11.6 Å². The number of benzene rings is 1. The molecule has 0 N–H and O–H groups in total. The van der Waals surface area contributed by atoms with Crippen LogP contribution >= 0.6 is 11.6 Å². The van der Waals surface area contributed by atoms with Crippen molar-refractivity contribution in [1.82, 2.24) is 14.8 Å². The van der Waals surface area contributed by atoms with E-state index in [2.05, 4.69) is 9.88 Å². The van der Waals surface area contributed by atoms with Gasteiger partial charge in [0.25, 0.3) is 5.91 Å². The molecule has 0 atom stereocenters. The number of carbonyl (C=O) groups is 1. The van der Waals surface area contributed by atoms with Crippen LogP contribution < -0.4 is 0 Å². The van der Waals surface area contributed by atoms with Gasteiger partial charge in [-0.15, -0.1) is 0 Å². The lowest BCUT2D eigenvalue weighted by molar-refractivity contribution is 0.0761. The van der Waals surface area contributed by atoms with Crippen molar-refractivity contribution in [3.05, 3.63) is 58.9 Å². The third kappa shape index (κ3) is 5.06. The Labute approximate surface area is 164 Å². The van der Waals surface area contributed by atoms with Crippen LogP contribution in [0.5, 0.6) is 0 Å². The van der Waals surface area contributed by atoms with E-state index in [0.717, 1.165) is 38.0 Å². The number of aromatic nitrogens is 1. The molecule has 1 fully saturated rings. The van der Waals surface area contributed by atoms with Crippen molar-refractivity contribution in [3.63, 3.8) is 0 Å². The Morgan fingerprint density at radius 2 is 1.96 bits per heavy atom. The minimum Gasteiger partial charge on any atom is -0.337 e. The molecule has 6 nitrogen and oxygen atoms in total. The molecule has 3 rings (SSSR count). The summed E-state index contributed by atoms with van der Waals surface area (Å²) in [5, 5.41) is 0.164. The average molecular weight is 408 g/mol. The highest BCUT2D eigenvalue weighted by Gasteiger charge is 2.23. The number of hydrogen-bond donors (Lipinski definition) is 0. The molecule has 0 saturated carbocycles. The van der Waals surface area contributed by atoms with Gasteiger partial charge in [-0.25, -0.2) is 8.42 Å². The second kappa shape index (κ2) is 8.37. The molecular weight excluding hydrogens is 386 g/mol. The van der Waals surface area contributed by atoms with Gasteiger partial charge in [0, 0.05) is 45.2 Å². The molecule has 0 radical (unpaired) electrons. The molecule has 1 aliphatic heterocycles. The highest BCUT2D eigenvalue weighted by atomic mass is 35.5. The van der Waals surface area contributed by atoms with Gasteiger partial charge >= 0.3 is 0 Å². The highest BCUT2D eigenvalue weighted by molar-refractivity contribution is 7.90. The highest BCUT2D eigenvalue weighted by Crippen LogP contribution is 2.23. The first kappa shape index (κ1) is 19.8. The van der Waals surface area contributed by atoms with Crippen LogP contribution in [0.15, 0.2) is 47.5 Å². The van der Waals surface area contributed by atoms with E-state index >= 15 is 0 Å². The molecule has 1 aliphatic rings. The molecule has 2 aromatic rings. The van der Waals surface area contributed by atoms with E-state index in [9.17, 15) is 13.2 Å². The first-order chi connectivity index (χ1) is 12.8. The third-order valence-electron chi connectivity index (χ3n) is 4.59. The standard InChI is InChI=1S/C19H22ClN3O3S/c1-27(25,26)16-6-7-17(18(20)13-16)19(24)23-10-4-9-22(11-12-23)14-15-5-2-3-8-21-15/h2-3,5-8,13H,4,9-12,14H2,1H3. The molecular formula is C19H22ClN3O3S. The van der Waals surface area contributed by atoms with Crippen molar-refractivity contribution < 1.29 is 13.2 Å². The van der Waals surface area contributed by atoms with Crippen LogP contribution in [0.3, 0.4) is 0 Å². The number of hydrogen-bond acceptors (Lipinski definition) is 5. The zero-order valence-electron chi connectivity index (χ0n) is 15.1. The van der Waals surface area contributed by atoms with Crippen molar-refractivity contribution in [2.24, 2.45) is 0 Å². The van der Waals surface area contributed by atoms with Crippen molar-refractivity contribution >= 4 is 27.3 Å². The fourth-order valence-electron chi connectivity index (χ4n) is 3.12. The van der Waals surface area contributed by atoms with Crippen LogP contribution in [0, 0.1) is 0 Å². The molecule has 2 heterocycles. The lowest BCUT2D eigenvalue weighted by Crippen LogP contribution is -2.35. The Hall–Kier alpha value is -1.96. The first-order valence-corrected chi connectivity index (χ1v) is 11.0. The first-order valence-electron chi connectivity index (χ1n) is 8.76. The van der Waals surface area contributed by atoms with Gasteiger partial charge in [0.05, 0.1) is 21.2 Å². The van der Waals surface area contributed by atoms with Gasteiger partial charge in [0.15, 0.2) is 9.84 Å². The van der Waals surface area contributed by atoms with Crippen molar-refractivity contribution in [2.45, 2.75) is 17.9 Å². The van der Waals surface area contributed by atoms with E-state index in [1.165, 1.54) is 18.2 Å². The van der Waals surface area contributed by atoms with Crippen molar-refractivity contribution in [1.29, 1.82) is 0 Å². The van der Waals surface area contributed by atoms with E-state index in [0.29, 0.717) is 18.7 Å². The van der Waals surface area contributed by atoms with Crippen LogP contribution in [-0.2, 0) is 16.4 Å². The molecule has 1 aromatic heterocycles. The van der Waals surface area contributed by atoms with E-state index in [1.807, 2.05) is 18.2 Å². The van der Waals surface area contributed by atoms with Gasteiger partial charge in [-0.05, 0) is 36.8 Å². The lowest BCUT2D eigenvalue weighted by Gasteiger charge is -2.22. The van der Waals surface area contributed by atoms with Gasteiger partial charge in [-0.1, -0.05) is 17.7 Å². The smallest absolute Gasteiger partial charge is 0.255 e. The van der Waals surface area contributed by atoms with E-state index in [-0.39, 0.29) is 15.8 Å². The maximum atomic E-state index is 12.9. The number of halogens is 1. The normalized spacial score (nSPS) is 16.1. The topological polar surface area (TPSA) is 70.6 Å². The molecule has 0 aliphatic carbocycles. The SMILES string of the molecule is CS(=O)(=O)c1ccc(C(=O)N2CCCN(Cc3ccccn3)CC2)c(Cl)c1. The predicted molar refractivity (Wildman–Crippen MR) is 105 cm³/mol. The molecule has 1 amide bonds. The Balaban J connectivity index is 1.67. The minimum absolute atomic E-state index is 0.112. The van der Waals surface area contributed by atoms with Crippen LogP contribution in [0.25, 0.3) is 0 Å². The van der Waals surface area contributed by atoms with E-state index < -0.39 is 9.84 Å². The monoisotopic (exact) mass is 407 g/mol. The Bertz CT molecular complexity index is 919. The molecule has 27 heavy (non-hydrogen) atoms. The molecule has 0 unspecified atom stereocenters. The number of pyridine rings is 1. The maximum absolute atomic E-state index is 12.9. The predicted octanol–water partition coefficient (Wildman–Crippen LogP) is 2.49. The average Bonchev–Trinajstić information content (AvgIpc) is 2.87. The second-order valence-electron chi connectivity index (χ2n) is 6.66. The van der Waals surface area contributed by atoms with Gasteiger partial charge in [0.1, 0.15) is 0 Å². The fourth-order valence-corrected chi connectivity index (χ4v) is 4.10. The summed E-state index contributed by atoms with van der Waals surface area (Å²) in [6.45, 7) is 3.63. The number of carbonyl (C=O) groups excluding carboxylic acids is 1. The Kier molecular flexibility index (Phi) is 6.14. The van der Waals surface area contributed by atoms with Gasteiger partial charge in [-0.3, -0.25) is 14.7 Å². The number of nitrogens with zero attached hydrogens (tertiary/aromatic N) is 3. The van der Waals surface area contributed by atoms with Crippen LogP contribution in [0.1, 0.15) is 22.5 Å². The zero-order chi connectivity index (χ0) is 19.4. The van der Waals surface area contributed by atoms with Gasteiger partial charge < -0.3 is 4.90 Å². The summed E-state index contributed by atoms with van der Waals surface area (Å²) in [5.41, 5.74) is 1.35. The van der Waals surface area contributed by atoms with Gasteiger partial charge in [-0.2, -0.15) is 0 Å². The number of sulfone groups is 1. The molecule has 1 aromatic carbocycles. The maximum Gasteiger partial charge on any atom is 0.255 e. The summed E-state index contributed by atoms with van der Waals surface area (Å²) in [4.78, 5) is 21.4. The Morgan fingerprint density at radius 3 is 2.63 bits per heavy atom. The van der Waals surface area contributed by atoms with Crippen LogP contribution in [-0.4, -0.2) is 61.5 Å². The summed E-state index contributed by atoms with van der Waals surface area (Å²) in [7, 11) is -3.36. The van der Waals surface area contributed by atoms with E-state index in [1.54, 1.807) is 11.1 Å². The third-order valence-corrected chi connectivity index (χ3v) is 6.01. The lowest BCUT2D eigenvalue weighted by atomic mass is 10.2. The van der Waals surface area contributed by atoms with Crippen molar-refractivity contribution in [2.75, 3.05) is 32.4 Å².